The molecular weight excluding hydrogens is 377 g/mol. The van der Waals surface area contributed by atoms with Gasteiger partial charge >= 0.3 is 0 Å². The summed E-state index contributed by atoms with van der Waals surface area (Å²) in [7, 11) is 3.05. The van der Waals surface area contributed by atoms with Crippen LogP contribution in [0.3, 0.4) is 0 Å². The van der Waals surface area contributed by atoms with Crippen molar-refractivity contribution < 1.29 is 18.8 Å². The van der Waals surface area contributed by atoms with Crippen LogP contribution in [0.5, 0.6) is 5.75 Å². The zero-order chi connectivity index (χ0) is 20.1. The number of benzene rings is 2. The molecule has 0 bridgehead atoms. The Morgan fingerprint density at radius 2 is 2.11 bits per heavy atom. The van der Waals surface area contributed by atoms with Gasteiger partial charge in [0.1, 0.15) is 11.6 Å². The summed E-state index contributed by atoms with van der Waals surface area (Å²) in [5.74, 6) is -0.591. The van der Waals surface area contributed by atoms with Gasteiger partial charge in [0.25, 0.3) is 5.69 Å². The van der Waals surface area contributed by atoms with E-state index in [4.69, 9.17) is 16.3 Å². The van der Waals surface area contributed by atoms with Gasteiger partial charge in [-0.15, -0.1) is 0 Å². The van der Waals surface area contributed by atoms with E-state index < -0.39 is 22.7 Å². The number of anilines is 1. The quantitative estimate of drug-likeness (QED) is 0.568. The van der Waals surface area contributed by atoms with Crippen LogP contribution in [0.2, 0.25) is 5.02 Å². The number of halogens is 2. The molecule has 0 saturated carbocycles. The van der Waals surface area contributed by atoms with Crippen LogP contribution < -0.4 is 10.1 Å². The van der Waals surface area contributed by atoms with Crippen molar-refractivity contribution in [1.29, 1.82) is 0 Å². The second-order valence-corrected chi connectivity index (χ2v) is 6.33. The van der Waals surface area contributed by atoms with E-state index in [-0.39, 0.29) is 28.5 Å². The van der Waals surface area contributed by atoms with Crippen molar-refractivity contribution in [1.82, 2.24) is 4.90 Å². The van der Waals surface area contributed by atoms with Gasteiger partial charge < -0.3 is 10.1 Å². The van der Waals surface area contributed by atoms with Crippen molar-refractivity contribution in [3.05, 3.63) is 62.9 Å². The number of likely N-dealkylation sites (N-methyl/N-ethyl adjacent to an activating group) is 1. The average Bonchev–Trinajstić information content (AvgIpc) is 2.63. The molecule has 1 amide bonds. The molecule has 9 heteroatoms. The zero-order valence-electron chi connectivity index (χ0n) is 15.0. The summed E-state index contributed by atoms with van der Waals surface area (Å²) in [5, 5.41) is 13.8. The van der Waals surface area contributed by atoms with Crippen LogP contribution in [0.25, 0.3) is 0 Å². The van der Waals surface area contributed by atoms with Gasteiger partial charge in [0.15, 0.2) is 0 Å². The summed E-state index contributed by atoms with van der Waals surface area (Å²) in [6.45, 7) is 1.75. The van der Waals surface area contributed by atoms with E-state index in [0.717, 1.165) is 0 Å². The molecule has 0 radical (unpaired) electrons. The molecule has 0 aliphatic rings. The van der Waals surface area contributed by atoms with Gasteiger partial charge in [0.05, 0.1) is 23.8 Å². The summed E-state index contributed by atoms with van der Waals surface area (Å²) in [5.41, 5.74) is 0.292. The Kier molecular flexibility index (Phi) is 6.70. The van der Waals surface area contributed by atoms with Gasteiger partial charge in [-0.1, -0.05) is 17.7 Å². The predicted molar refractivity (Wildman–Crippen MR) is 101 cm³/mol. The number of nitrogens with one attached hydrogen (secondary N) is 1. The molecule has 0 saturated heterocycles. The van der Waals surface area contributed by atoms with Gasteiger partial charge in [-0.25, -0.2) is 4.39 Å². The third kappa shape index (κ3) is 4.93. The summed E-state index contributed by atoms with van der Waals surface area (Å²) in [6.07, 6.45) is 0. The van der Waals surface area contributed by atoms with Crippen LogP contribution in [0.4, 0.5) is 15.8 Å². The van der Waals surface area contributed by atoms with E-state index in [1.165, 1.54) is 37.4 Å². The maximum Gasteiger partial charge on any atom is 0.271 e. The maximum atomic E-state index is 13.9. The number of nitro benzene ring substituents is 1. The molecule has 2 rings (SSSR count). The molecule has 0 spiro atoms. The first-order valence-corrected chi connectivity index (χ1v) is 8.38. The fraction of sp³-hybridized carbons (Fsp3) is 0.278. The molecule has 0 unspecified atom stereocenters. The van der Waals surface area contributed by atoms with Gasteiger partial charge in [0, 0.05) is 29.3 Å². The Hall–Kier alpha value is -2.71. The van der Waals surface area contributed by atoms with Crippen molar-refractivity contribution in [2.75, 3.05) is 19.5 Å². The Morgan fingerprint density at radius 1 is 1.41 bits per heavy atom. The molecule has 2 aromatic rings. The van der Waals surface area contributed by atoms with Crippen LogP contribution in [0.15, 0.2) is 36.4 Å². The average molecular weight is 396 g/mol. The lowest BCUT2D eigenvalue weighted by Gasteiger charge is -2.24. The number of methoxy groups -OCH3 is 1. The largest absolute Gasteiger partial charge is 0.495 e. The minimum absolute atomic E-state index is 0.117. The lowest BCUT2D eigenvalue weighted by Crippen LogP contribution is -2.39. The number of carbonyl (C=O) groups is 1. The highest BCUT2D eigenvalue weighted by molar-refractivity contribution is 6.31. The van der Waals surface area contributed by atoms with E-state index in [9.17, 15) is 19.3 Å². The summed E-state index contributed by atoms with van der Waals surface area (Å²) in [4.78, 5) is 24.6. The van der Waals surface area contributed by atoms with Crippen LogP contribution in [-0.4, -0.2) is 35.9 Å². The molecule has 0 aliphatic carbocycles. The second kappa shape index (κ2) is 8.79. The molecule has 7 nitrogen and oxygen atoms in total. The molecule has 0 aromatic heterocycles. The fourth-order valence-corrected chi connectivity index (χ4v) is 2.64. The molecular formula is C18H19ClFN3O4. The Labute approximate surface area is 160 Å². The number of amides is 1. The minimum Gasteiger partial charge on any atom is -0.495 e. The van der Waals surface area contributed by atoms with Crippen LogP contribution in [0.1, 0.15) is 12.5 Å². The van der Waals surface area contributed by atoms with E-state index in [1.54, 1.807) is 24.9 Å². The van der Waals surface area contributed by atoms with Crippen LogP contribution in [0, 0.1) is 15.9 Å². The first-order chi connectivity index (χ1) is 12.7. The van der Waals surface area contributed by atoms with Crippen LogP contribution >= 0.6 is 11.6 Å². The Balaban J connectivity index is 2.15. The van der Waals surface area contributed by atoms with Crippen molar-refractivity contribution >= 4 is 28.9 Å². The van der Waals surface area contributed by atoms with Crippen molar-refractivity contribution in [2.24, 2.45) is 0 Å². The molecule has 0 fully saturated rings. The van der Waals surface area contributed by atoms with E-state index in [2.05, 4.69) is 5.32 Å². The topological polar surface area (TPSA) is 84.7 Å². The van der Waals surface area contributed by atoms with Gasteiger partial charge in [0.2, 0.25) is 5.91 Å². The standard InChI is InChI=1S/C18H19ClFN3O4/c1-11(22(2)10-13-14(19)5-4-6-15(13)20)18(24)21-16-9-12(23(25)26)7-8-17(16)27-3/h4-9,11H,10H2,1-3H3,(H,21,24)/t11-/m0/s1. The lowest BCUT2D eigenvalue weighted by molar-refractivity contribution is -0.384. The fourth-order valence-electron chi connectivity index (χ4n) is 2.41. The second-order valence-electron chi connectivity index (χ2n) is 5.92. The molecule has 0 aliphatic heterocycles. The molecule has 0 heterocycles. The Bertz CT molecular complexity index is 842. The van der Waals surface area contributed by atoms with Gasteiger partial charge in [-0.3, -0.25) is 19.8 Å². The molecule has 27 heavy (non-hydrogen) atoms. The SMILES string of the molecule is COc1ccc([N+](=O)[O-])cc1NC(=O)[C@H](C)N(C)Cc1c(F)cccc1Cl. The summed E-state index contributed by atoms with van der Waals surface area (Å²) in [6, 6.07) is 7.62. The van der Waals surface area contributed by atoms with Crippen molar-refractivity contribution in [3.63, 3.8) is 0 Å². The summed E-state index contributed by atoms with van der Waals surface area (Å²) < 4.78 is 19.1. The smallest absolute Gasteiger partial charge is 0.271 e. The summed E-state index contributed by atoms with van der Waals surface area (Å²) >= 11 is 6.03. The molecule has 1 N–H and O–H groups in total. The van der Waals surface area contributed by atoms with Crippen LogP contribution in [-0.2, 0) is 11.3 Å². The number of hydrogen-bond donors (Lipinski definition) is 1. The van der Waals surface area contributed by atoms with E-state index in [1.807, 2.05) is 0 Å². The number of nitro groups is 1. The highest BCUT2D eigenvalue weighted by Crippen LogP contribution is 2.29. The van der Waals surface area contributed by atoms with E-state index in [0.29, 0.717) is 5.75 Å². The number of nitrogens with zero attached hydrogens (tertiary/aromatic N) is 2. The normalized spacial score (nSPS) is 11.9. The predicted octanol–water partition coefficient (Wildman–Crippen LogP) is 3.85. The first-order valence-electron chi connectivity index (χ1n) is 8.01. The Morgan fingerprint density at radius 3 is 2.70 bits per heavy atom. The van der Waals surface area contributed by atoms with E-state index >= 15 is 0 Å². The highest BCUT2D eigenvalue weighted by atomic mass is 35.5. The molecule has 1 atom stereocenters. The maximum absolute atomic E-state index is 13.9. The zero-order valence-corrected chi connectivity index (χ0v) is 15.8. The third-order valence-electron chi connectivity index (χ3n) is 4.16. The molecule has 2 aromatic carbocycles. The number of rotatable bonds is 7. The number of non-ortho nitro benzene ring substituents is 1. The highest BCUT2D eigenvalue weighted by Gasteiger charge is 2.22. The first kappa shape index (κ1) is 20.6. The lowest BCUT2D eigenvalue weighted by atomic mass is 10.1. The van der Waals surface area contributed by atoms with Gasteiger partial charge in [-0.05, 0) is 32.2 Å². The number of carbonyl (C=O) groups excluding carboxylic acids is 1. The van der Waals surface area contributed by atoms with Crippen molar-refractivity contribution in [2.45, 2.75) is 19.5 Å². The monoisotopic (exact) mass is 395 g/mol. The molecule has 144 valence electrons. The number of ether oxygens (including phenoxy) is 1. The van der Waals surface area contributed by atoms with Crippen molar-refractivity contribution in [3.8, 4) is 5.75 Å². The van der Waals surface area contributed by atoms with Gasteiger partial charge in [-0.2, -0.15) is 0 Å². The third-order valence-corrected chi connectivity index (χ3v) is 4.52. The number of hydrogen-bond acceptors (Lipinski definition) is 5. The minimum atomic E-state index is -0.662.